The maximum Gasteiger partial charge on any atom is 0.362 e. The number of ether oxygens (including phenoxy) is 4. The summed E-state index contributed by atoms with van der Waals surface area (Å²) in [5.41, 5.74) is -2.79. The van der Waals surface area contributed by atoms with Gasteiger partial charge in [0.1, 0.15) is 6.61 Å². The van der Waals surface area contributed by atoms with E-state index in [1.165, 1.54) is 6.08 Å². The highest BCUT2D eigenvalue weighted by molar-refractivity contribution is 6.14. The monoisotopic (exact) mass is 430 g/mol. The van der Waals surface area contributed by atoms with Crippen LogP contribution in [-0.2, 0) is 38.1 Å². The van der Waals surface area contributed by atoms with E-state index < -0.39 is 61.3 Å². The smallest absolute Gasteiger partial charge is 0.362 e. The van der Waals surface area contributed by atoms with Gasteiger partial charge in [0.2, 0.25) is 18.0 Å². The molecule has 4 atom stereocenters. The van der Waals surface area contributed by atoms with Crippen molar-refractivity contribution in [2.75, 3.05) is 26.4 Å². The first-order chi connectivity index (χ1) is 14.4. The van der Waals surface area contributed by atoms with E-state index in [9.17, 15) is 34.5 Å². The fraction of sp³-hybridized carbons (Fsp3) is 0.684. The molecule has 2 aliphatic rings. The molecule has 0 aromatic heterocycles. The van der Waals surface area contributed by atoms with Crippen molar-refractivity contribution >= 4 is 23.7 Å². The van der Waals surface area contributed by atoms with Crippen LogP contribution in [0.25, 0.3) is 0 Å². The summed E-state index contributed by atoms with van der Waals surface area (Å²) >= 11 is 0. The highest BCUT2D eigenvalue weighted by atomic mass is 16.7. The average molecular weight is 430 g/mol. The largest absolute Gasteiger partial charge is 0.445 e. The van der Waals surface area contributed by atoms with Gasteiger partial charge in [-0.2, -0.15) is 0 Å². The Kier molecular flexibility index (Phi) is 8.90. The van der Waals surface area contributed by atoms with Crippen molar-refractivity contribution in [3.05, 3.63) is 12.2 Å². The van der Waals surface area contributed by atoms with Gasteiger partial charge in [-0.15, -0.1) is 0 Å². The van der Waals surface area contributed by atoms with Crippen LogP contribution in [0.1, 0.15) is 32.1 Å². The Morgan fingerprint density at radius 1 is 1.00 bits per heavy atom. The Morgan fingerprint density at radius 2 is 1.67 bits per heavy atom. The number of epoxide rings is 1. The molecule has 0 amide bonds. The van der Waals surface area contributed by atoms with E-state index in [1.807, 2.05) is 0 Å². The third-order valence-electron chi connectivity index (χ3n) is 4.66. The van der Waals surface area contributed by atoms with E-state index in [2.05, 4.69) is 4.74 Å². The molecule has 0 saturated carbocycles. The fourth-order valence-electron chi connectivity index (χ4n) is 2.74. The van der Waals surface area contributed by atoms with E-state index in [0.717, 1.165) is 38.4 Å². The van der Waals surface area contributed by atoms with Gasteiger partial charge in [-0.25, -0.2) is 14.4 Å². The lowest BCUT2D eigenvalue weighted by Gasteiger charge is -2.27. The van der Waals surface area contributed by atoms with Crippen LogP contribution in [0, 0.1) is 0 Å². The van der Waals surface area contributed by atoms with Crippen molar-refractivity contribution in [2.24, 2.45) is 0 Å². The maximum absolute atomic E-state index is 12.7. The third-order valence-corrected chi connectivity index (χ3v) is 4.66. The number of hydrogen-bond donors (Lipinski definition) is 3. The fourth-order valence-corrected chi connectivity index (χ4v) is 2.74. The Morgan fingerprint density at radius 3 is 2.27 bits per heavy atom. The summed E-state index contributed by atoms with van der Waals surface area (Å²) in [4.78, 5) is 49.2. The normalized spacial score (nSPS) is 29.4. The topological polar surface area (TPSA) is 169 Å². The molecule has 2 saturated heterocycles. The molecule has 2 fully saturated rings. The van der Waals surface area contributed by atoms with Gasteiger partial charge < -0.3 is 34.3 Å². The number of esters is 3. The molecule has 2 rings (SSSR count). The molecule has 0 spiro atoms. The number of ketones is 1. The summed E-state index contributed by atoms with van der Waals surface area (Å²) in [6.07, 6.45) is 3.24. The number of hydrogen-bond acceptors (Lipinski definition) is 11. The van der Waals surface area contributed by atoms with Crippen molar-refractivity contribution in [1.29, 1.82) is 0 Å². The molecule has 4 unspecified atom stereocenters. The molecule has 0 aromatic rings. The molecule has 0 aromatic carbocycles. The van der Waals surface area contributed by atoms with E-state index in [1.54, 1.807) is 0 Å². The number of carbonyl (C=O) groups excluding carboxylic acids is 4. The highest BCUT2D eigenvalue weighted by Gasteiger charge is 2.53. The SMILES string of the molecule is O=C1OC(CO)(C(=O)/C=C/CCCCCC2CO2)C(=O)OC(CO)C(=O)OC1CO. The zero-order chi connectivity index (χ0) is 22.1. The van der Waals surface area contributed by atoms with Gasteiger partial charge in [0, 0.05) is 0 Å². The number of rotatable bonds is 11. The molecular weight excluding hydrogens is 404 g/mol. The molecule has 2 aliphatic heterocycles. The molecule has 30 heavy (non-hydrogen) atoms. The van der Waals surface area contributed by atoms with Crippen molar-refractivity contribution in [3.63, 3.8) is 0 Å². The minimum absolute atomic E-state index is 0.358. The minimum atomic E-state index is -2.79. The van der Waals surface area contributed by atoms with Crippen LogP contribution < -0.4 is 0 Å². The van der Waals surface area contributed by atoms with Crippen LogP contribution in [0.4, 0.5) is 0 Å². The van der Waals surface area contributed by atoms with E-state index in [4.69, 9.17) is 14.2 Å². The molecule has 0 radical (unpaired) electrons. The molecule has 3 N–H and O–H groups in total. The predicted molar refractivity (Wildman–Crippen MR) is 96.8 cm³/mol. The predicted octanol–water partition coefficient (Wildman–Crippen LogP) is -1.44. The lowest BCUT2D eigenvalue weighted by Crippen LogP contribution is -2.55. The van der Waals surface area contributed by atoms with Gasteiger partial charge in [-0.3, -0.25) is 4.79 Å². The lowest BCUT2D eigenvalue weighted by molar-refractivity contribution is -0.193. The zero-order valence-corrected chi connectivity index (χ0v) is 16.4. The quantitative estimate of drug-likeness (QED) is 0.0876. The summed E-state index contributed by atoms with van der Waals surface area (Å²) in [6.45, 7) is -2.48. The standard InChI is InChI=1S/C19H26O11/c20-8-13-16(24)28-14(9-21)17(25)30-19(11-22,18(26)29-13)15(23)7-5-3-1-2-4-6-12-10-27-12/h5,7,12-14,20-22H,1-4,6,8-11H2/b7-5+. The Balaban J connectivity index is 2.08. The Bertz CT molecular complexity index is 667. The van der Waals surface area contributed by atoms with Gasteiger partial charge in [-0.05, 0) is 25.3 Å². The summed E-state index contributed by atoms with van der Waals surface area (Å²) < 4.78 is 19.4. The van der Waals surface area contributed by atoms with Crippen LogP contribution in [0.2, 0.25) is 0 Å². The van der Waals surface area contributed by atoms with Gasteiger partial charge in [0.25, 0.3) is 5.60 Å². The molecule has 11 heteroatoms. The van der Waals surface area contributed by atoms with Crippen molar-refractivity contribution in [3.8, 4) is 0 Å². The minimum Gasteiger partial charge on any atom is -0.445 e. The van der Waals surface area contributed by atoms with Gasteiger partial charge >= 0.3 is 17.9 Å². The van der Waals surface area contributed by atoms with Crippen LogP contribution in [0.15, 0.2) is 12.2 Å². The molecular formula is C19H26O11. The molecule has 168 valence electrons. The molecule has 11 nitrogen and oxygen atoms in total. The van der Waals surface area contributed by atoms with Crippen molar-refractivity contribution in [2.45, 2.75) is 56.0 Å². The number of unbranched alkanes of at least 4 members (excludes halogenated alkanes) is 3. The Labute approximate surface area is 172 Å². The number of cyclic esters (lactones) is 3. The van der Waals surface area contributed by atoms with E-state index >= 15 is 0 Å². The van der Waals surface area contributed by atoms with E-state index in [0.29, 0.717) is 12.5 Å². The summed E-state index contributed by atoms with van der Waals surface area (Å²) in [5.74, 6) is -5.35. The van der Waals surface area contributed by atoms with Gasteiger partial charge in [-0.1, -0.05) is 18.9 Å². The number of allylic oxidation sites excluding steroid dienone is 1. The second-order valence-electron chi connectivity index (χ2n) is 6.95. The number of carbonyl (C=O) groups is 4. The number of aliphatic hydroxyl groups excluding tert-OH is 3. The van der Waals surface area contributed by atoms with Crippen LogP contribution >= 0.6 is 0 Å². The summed E-state index contributed by atoms with van der Waals surface area (Å²) in [5, 5.41) is 28.2. The molecule has 0 bridgehead atoms. The van der Waals surface area contributed by atoms with E-state index in [-0.39, 0.29) is 0 Å². The highest BCUT2D eigenvalue weighted by Crippen LogP contribution is 2.22. The second kappa shape index (κ2) is 11.2. The average Bonchev–Trinajstić information content (AvgIpc) is 3.56. The maximum atomic E-state index is 12.7. The zero-order valence-electron chi connectivity index (χ0n) is 16.4. The number of aliphatic hydroxyl groups is 3. The third kappa shape index (κ3) is 6.08. The van der Waals surface area contributed by atoms with Crippen molar-refractivity contribution < 1.29 is 53.4 Å². The summed E-state index contributed by atoms with van der Waals surface area (Å²) in [7, 11) is 0. The Hall–Kier alpha value is -2.34. The first kappa shape index (κ1) is 23.9. The van der Waals surface area contributed by atoms with Crippen LogP contribution in [-0.4, -0.2) is 89.4 Å². The van der Waals surface area contributed by atoms with Crippen molar-refractivity contribution in [1.82, 2.24) is 0 Å². The van der Waals surface area contributed by atoms with Crippen LogP contribution in [0.5, 0.6) is 0 Å². The molecule has 0 aliphatic carbocycles. The second-order valence-corrected chi connectivity index (χ2v) is 6.95. The first-order valence-electron chi connectivity index (χ1n) is 9.67. The molecule has 2 heterocycles. The lowest BCUT2D eigenvalue weighted by atomic mass is 9.97. The van der Waals surface area contributed by atoms with Gasteiger partial charge in [0.15, 0.2) is 0 Å². The van der Waals surface area contributed by atoms with Crippen LogP contribution in [0.3, 0.4) is 0 Å². The first-order valence-corrected chi connectivity index (χ1v) is 9.67. The summed E-state index contributed by atoms with van der Waals surface area (Å²) in [6, 6.07) is 0. The van der Waals surface area contributed by atoms with Gasteiger partial charge in [0.05, 0.1) is 25.9 Å².